The molecule has 1 aliphatic carbocycles. The third-order valence-electron chi connectivity index (χ3n) is 13.7. The van der Waals surface area contributed by atoms with Gasteiger partial charge in [0.05, 0.1) is 34.1 Å². The van der Waals surface area contributed by atoms with E-state index in [0.717, 1.165) is 12.8 Å². The Morgan fingerprint density at radius 3 is 1.37 bits per heavy atom. The predicted molar refractivity (Wildman–Crippen MR) is 252 cm³/mol. The van der Waals surface area contributed by atoms with Gasteiger partial charge in [0.25, 0.3) is 0 Å². The van der Waals surface area contributed by atoms with Crippen LogP contribution in [0.25, 0.3) is 54.2 Å². The fourth-order valence-corrected chi connectivity index (χ4v) is 13.1. The highest BCUT2D eigenvalue weighted by Gasteiger charge is 2.42. The molecule has 0 amide bonds. The zero-order valence-electron chi connectivity index (χ0n) is 32.8. The minimum atomic E-state index is -0.00732. The summed E-state index contributed by atoms with van der Waals surface area (Å²) in [4.78, 5) is 10.2. The Kier molecular flexibility index (Phi) is 7.10. The Balaban J connectivity index is 1.06. The summed E-state index contributed by atoms with van der Waals surface area (Å²) in [6.07, 6.45) is 2.14. The van der Waals surface area contributed by atoms with E-state index in [0.29, 0.717) is 0 Å². The zero-order valence-corrected chi connectivity index (χ0v) is 34.4. The van der Waals surface area contributed by atoms with Crippen molar-refractivity contribution in [2.45, 2.75) is 51.7 Å². The molecule has 4 heteroatoms. The fourth-order valence-electron chi connectivity index (χ4n) is 11.0. The van der Waals surface area contributed by atoms with Gasteiger partial charge in [0.2, 0.25) is 0 Å². The Hall–Kier alpha value is -6.20. The maximum absolute atomic E-state index is 2.58. The number of nitrogens with zero attached hydrogens (tertiary/aromatic N) is 2. The largest absolute Gasteiger partial charge is 0.308 e. The Morgan fingerprint density at radius 1 is 0.356 bits per heavy atom. The Labute approximate surface area is 352 Å². The number of fused-ring (bicyclic) bond motifs is 9. The maximum Gasteiger partial charge on any atom is 0.0605 e. The smallest absolute Gasteiger partial charge is 0.0605 e. The third-order valence-corrected chi connectivity index (χ3v) is 15.9. The van der Waals surface area contributed by atoms with Gasteiger partial charge < -0.3 is 9.80 Å². The van der Waals surface area contributed by atoms with Crippen molar-refractivity contribution in [2.24, 2.45) is 0 Å². The molecule has 2 nitrogen and oxygen atoms in total. The lowest BCUT2D eigenvalue weighted by atomic mass is 9.74. The molecule has 0 saturated heterocycles. The average Bonchev–Trinajstić information content (AvgIpc) is 3.57. The second-order valence-corrected chi connectivity index (χ2v) is 18.4. The summed E-state index contributed by atoms with van der Waals surface area (Å²) in [7, 11) is 0. The van der Waals surface area contributed by atoms with Crippen LogP contribution in [0.1, 0.15) is 37.8 Å². The van der Waals surface area contributed by atoms with E-state index >= 15 is 0 Å². The number of hydrogen-bond donors (Lipinski definition) is 0. The Bertz CT molecular complexity index is 3330. The van der Waals surface area contributed by atoms with E-state index < -0.39 is 0 Å². The van der Waals surface area contributed by atoms with Crippen molar-refractivity contribution >= 4 is 101 Å². The van der Waals surface area contributed by atoms with Crippen LogP contribution in [0.3, 0.4) is 0 Å². The minimum Gasteiger partial charge on any atom is -0.308 e. The molecule has 0 saturated carbocycles. The third kappa shape index (κ3) is 4.46. The van der Waals surface area contributed by atoms with Crippen LogP contribution in [0.15, 0.2) is 189 Å². The van der Waals surface area contributed by atoms with Crippen molar-refractivity contribution < 1.29 is 0 Å². The highest BCUT2D eigenvalue weighted by atomic mass is 32.2. The molecule has 0 radical (unpaired) electrons. The second-order valence-electron chi connectivity index (χ2n) is 16.2. The van der Waals surface area contributed by atoms with Gasteiger partial charge in [-0.25, -0.2) is 0 Å². The number of para-hydroxylation sites is 3. The summed E-state index contributed by atoms with van der Waals surface area (Å²) in [6.45, 7) is 4.74. The molecule has 59 heavy (non-hydrogen) atoms. The number of rotatable bonds is 4. The summed E-state index contributed by atoms with van der Waals surface area (Å²) in [5.74, 6) is 0. The van der Waals surface area contributed by atoms with Crippen molar-refractivity contribution in [3.8, 4) is 11.1 Å². The number of anilines is 6. The predicted octanol–water partition coefficient (Wildman–Crippen LogP) is 16.7. The lowest BCUT2D eigenvalue weighted by Crippen LogP contribution is -2.24. The van der Waals surface area contributed by atoms with E-state index in [2.05, 4.69) is 194 Å². The van der Waals surface area contributed by atoms with Gasteiger partial charge in [-0.15, -0.1) is 0 Å². The molecule has 2 aliphatic heterocycles. The first kappa shape index (κ1) is 33.7. The molecule has 0 aromatic heterocycles. The normalized spacial score (nSPS) is 14.7. The van der Waals surface area contributed by atoms with E-state index in [1.807, 2.05) is 23.5 Å². The van der Waals surface area contributed by atoms with Crippen LogP contribution in [0.5, 0.6) is 0 Å². The van der Waals surface area contributed by atoms with Crippen LogP contribution < -0.4 is 9.80 Å². The van der Waals surface area contributed by atoms with E-state index in [9.17, 15) is 0 Å². The quantitative estimate of drug-likeness (QED) is 0.129. The first-order valence-corrected chi connectivity index (χ1v) is 22.4. The highest BCUT2D eigenvalue weighted by molar-refractivity contribution is 8.00. The molecule has 0 bridgehead atoms. The molecule has 0 spiro atoms. The maximum atomic E-state index is 2.58. The summed E-state index contributed by atoms with van der Waals surface area (Å²) in [5, 5.41) is 10.4. The van der Waals surface area contributed by atoms with Crippen LogP contribution in [0, 0.1) is 0 Å². The van der Waals surface area contributed by atoms with Crippen LogP contribution in [-0.4, -0.2) is 0 Å². The van der Waals surface area contributed by atoms with Gasteiger partial charge in [-0.1, -0.05) is 147 Å². The monoisotopic (exact) mass is 790 g/mol. The molecule has 0 fully saturated rings. The van der Waals surface area contributed by atoms with Gasteiger partial charge in [0.15, 0.2) is 0 Å². The first-order valence-electron chi connectivity index (χ1n) is 20.8. The summed E-state index contributed by atoms with van der Waals surface area (Å²) in [5.41, 5.74) is 13.1. The van der Waals surface area contributed by atoms with E-state index in [1.54, 1.807) is 0 Å². The Morgan fingerprint density at radius 2 is 0.814 bits per heavy atom. The van der Waals surface area contributed by atoms with Crippen LogP contribution in [-0.2, 0) is 5.41 Å². The molecule has 280 valence electrons. The lowest BCUT2D eigenvalue weighted by molar-refractivity contribution is 0.490. The molecule has 13 rings (SSSR count). The SMILES string of the molecule is CCC1(CC)c2ccccc2-c2cc3c(cc21)N(c1ccc2c4cccc5c(N6c7ccccc7Sc7ccccc76)ccc(c6cccc1c62)c54)c1ccccc1S3. The van der Waals surface area contributed by atoms with E-state index in [-0.39, 0.29) is 5.41 Å². The van der Waals surface area contributed by atoms with Crippen LogP contribution >= 0.6 is 23.5 Å². The number of hydrogen-bond acceptors (Lipinski definition) is 4. The van der Waals surface area contributed by atoms with Crippen molar-refractivity contribution in [2.75, 3.05) is 9.80 Å². The van der Waals surface area contributed by atoms with Gasteiger partial charge in [0, 0.05) is 35.8 Å². The fraction of sp³-hybridized carbons (Fsp3) is 0.0909. The van der Waals surface area contributed by atoms with Crippen molar-refractivity contribution in [3.05, 3.63) is 181 Å². The van der Waals surface area contributed by atoms with Crippen molar-refractivity contribution in [1.29, 1.82) is 0 Å². The molecule has 0 atom stereocenters. The molecule has 0 unspecified atom stereocenters. The standard InChI is InChI=1S/C55H38N2S2/c1-3-55(4-2)41-20-6-5-15-33(41)40-31-52-48(32-42(40)55)57(47-23-9-12-26-51(47)59-52)44-30-28-37-34-16-13-18-38-43(29-27-36(53(34)38)35-17-14-19-39(44)54(35)37)56-45-21-7-10-24-49(45)58-50-25-11-8-22-46(50)56/h5-32H,3-4H2,1-2H3. The van der Waals surface area contributed by atoms with Crippen molar-refractivity contribution in [1.82, 2.24) is 0 Å². The van der Waals surface area contributed by atoms with Crippen LogP contribution in [0.4, 0.5) is 34.1 Å². The average molecular weight is 791 g/mol. The summed E-state index contributed by atoms with van der Waals surface area (Å²) in [6, 6.07) is 64.3. The summed E-state index contributed by atoms with van der Waals surface area (Å²) >= 11 is 3.77. The second kappa shape index (κ2) is 12.4. The molecular weight excluding hydrogens is 753 g/mol. The van der Waals surface area contributed by atoms with E-state index in [1.165, 1.54) is 119 Å². The molecular formula is C55H38N2S2. The molecule has 10 aromatic rings. The van der Waals surface area contributed by atoms with Gasteiger partial charge in [0.1, 0.15) is 0 Å². The van der Waals surface area contributed by atoms with E-state index in [4.69, 9.17) is 0 Å². The zero-order chi connectivity index (χ0) is 39.0. The molecule has 3 aliphatic rings. The first-order chi connectivity index (χ1) is 29.2. The van der Waals surface area contributed by atoms with Gasteiger partial charge in [-0.3, -0.25) is 0 Å². The topological polar surface area (TPSA) is 6.48 Å². The van der Waals surface area contributed by atoms with Crippen molar-refractivity contribution in [3.63, 3.8) is 0 Å². The molecule has 10 aromatic carbocycles. The van der Waals surface area contributed by atoms with Gasteiger partial charge in [-0.2, -0.15) is 0 Å². The van der Waals surface area contributed by atoms with Gasteiger partial charge in [-0.05, 0) is 128 Å². The molecule has 0 N–H and O–H groups in total. The highest BCUT2D eigenvalue weighted by Crippen LogP contribution is 2.60. The molecule has 2 heterocycles. The van der Waals surface area contributed by atoms with Crippen LogP contribution in [0.2, 0.25) is 0 Å². The van der Waals surface area contributed by atoms with Gasteiger partial charge >= 0.3 is 0 Å². The minimum absolute atomic E-state index is 0.00732. The number of benzene rings is 10. The summed E-state index contributed by atoms with van der Waals surface area (Å²) < 4.78 is 0. The lowest BCUT2D eigenvalue weighted by Gasteiger charge is -2.36.